The molecule has 2 aromatic carbocycles. The third-order valence-corrected chi connectivity index (χ3v) is 11.1. The molecule has 6 aliphatic rings. The second kappa shape index (κ2) is 8.33. The number of ether oxygens (including phenoxy) is 3. The van der Waals surface area contributed by atoms with Gasteiger partial charge in [-0.1, -0.05) is 30.3 Å². The molecule has 2 spiro atoms. The van der Waals surface area contributed by atoms with E-state index in [9.17, 15) is 4.79 Å². The zero-order valence-corrected chi connectivity index (χ0v) is 22.9. The van der Waals surface area contributed by atoms with Crippen molar-refractivity contribution in [3.8, 4) is 11.5 Å². The molecule has 1 saturated heterocycles. The summed E-state index contributed by atoms with van der Waals surface area (Å²) >= 11 is 0. The van der Waals surface area contributed by atoms with Crippen molar-refractivity contribution >= 4 is 12.0 Å². The average Bonchev–Trinajstić information content (AvgIpc) is 3.30. The highest BCUT2D eigenvalue weighted by atomic mass is 16.6. The van der Waals surface area contributed by atoms with Crippen molar-refractivity contribution in [2.75, 3.05) is 34.4 Å². The molecule has 2 heterocycles. The lowest BCUT2D eigenvalue weighted by Crippen LogP contribution is -2.81. The smallest absolute Gasteiger partial charge is 0.244 e. The van der Waals surface area contributed by atoms with Gasteiger partial charge in [-0.3, -0.25) is 4.79 Å². The lowest BCUT2D eigenvalue weighted by molar-refractivity contribution is -0.274. The second-order valence-electron chi connectivity index (χ2n) is 12.2. The topological polar surface area (TPSA) is 60.0 Å². The van der Waals surface area contributed by atoms with Gasteiger partial charge >= 0.3 is 0 Å². The van der Waals surface area contributed by atoms with Crippen molar-refractivity contribution in [3.63, 3.8) is 0 Å². The van der Waals surface area contributed by atoms with Gasteiger partial charge in [0, 0.05) is 48.1 Å². The average molecular weight is 515 g/mol. The summed E-state index contributed by atoms with van der Waals surface area (Å²) < 4.78 is 19.4. The minimum atomic E-state index is -0.451. The summed E-state index contributed by atoms with van der Waals surface area (Å²) in [5.74, 6) is 1.88. The molecule has 4 fully saturated rings. The lowest BCUT2D eigenvalue weighted by Gasteiger charge is -2.73. The van der Waals surface area contributed by atoms with Gasteiger partial charge in [-0.05, 0) is 81.5 Å². The highest BCUT2D eigenvalue weighted by Gasteiger charge is 2.80. The van der Waals surface area contributed by atoms with Crippen LogP contribution < -0.4 is 14.8 Å². The summed E-state index contributed by atoms with van der Waals surface area (Å²) in [6.07, 6.45) is 8.71. The van der Waals surface area contributed by atoms with E-state index in [1.807, 2.05) is 31.4 Å². The first-order valence-electron chi connectivity index (χ1n) is 14.0. The minimum Gasteiger partial charge on any atom is -0.493 e. The van der Waals surface area contributed by atoms with Crippen molar-refractivity contribution in [1.29, 1.82) is 0 Å². The maximum absolute atomic E-state index is 13.0. The molecule has 0 unspecified atom stereocenters. The van der Waals surface area contributed by atoms with Crippen molar-refractivity contribution in [2.24, 2.45) is 11.3 Å². The number of carbonyl (C=O) groups is 1. The summed E-state index contributed by atoms with van der Waals surface area (Å²) in [5, 5.41) is 3.24. The van der Waals surface area contributed by atoms with E-state index in [1.54, 1.807) is 13.2 Å². The largest absolute Gasteiger partial charge is 0.493 e. The van der Waals surface area contributed by atoms with E-state index >= 15 is 0 Å². The Labute approximate surface area is 225 Å². The predicted molar refractivity (Wildman–Crippen MR) is 147 cm³/mol. The molecule has 3 saturated carbocycles. The molecule has 38 heavy (non-hydrogen) atoms. The Morgan fingerprint density at radius 1 is 1.18 bits per heavy atom. The Balaban J connectivity index is 1.25. The number of rotatable bonds is 6. The molecule has 4 bridgehead atoms. The van der Waals surface area contributed by atoms with Crippen molar-refractivity contribution in [2.45, 2.75) is 62.2 Å². The Hall–Kier alpha value is -2.83. The molecule has 2 aromatic rings. The number of carbonyl (C=O) groups excluding carboxylic acids is 1. The van der Waals surface area contributed by atoms with E-state index in [1.165, 1.54) is 11.1 Å². The van der Waals surface area contributed by atoms with Crippen LogP contribution in [0.3, 0.4) is 0 Å². The van der Waals surface area contributed by atoms with Gasteiger partial charge in [0.25, 0.3) is 0 Å². The normalized spacial score (nSPS) is 36.2. The van der Waals surface area contributed by atoms with E-state index in [0.29, 0.717) is 12.6 Å². The molecule has 6 nitrogen and oxygen atoms in total. The molecule has 6 atom stereocenters. The number of benzene rings is 2. The second-order valence-corrected chi connectivity index (χ2v) is 12.2. The third-order valence-electron chi connectivity index (χ3n) is 11.1. The molecule has 1 amide bonds. The SMILES string of the molecule is COc1ccc2c3c1O[C@H]1[C@@]4(OC)CC[C@@]5(C[C@@H]4CNC(=O)/C=C/c4ccccc4C)[C@@H](C2)N(C)CC[C@]315. The summed E-state index contributed by atoms with van der Waals surface area (Å²) in [5.41, 5.74) is 4.61. The quantitative estimate of drug-likeness (QED) is 0.584. The maximum Gasteiger partial charge on any atom is 0.244 e. The van der Waals surface area contributed by atoms with Crippen LogP contribution in [0.5, 0.6) is 11.5 Å². The van der Waals surface area contributed by atoms with Gasteiger partial charge in [0.2, 0.25) is 5.91 Å². The maximum atomic E-state index is 13.0. The molecule has 2 aliphatic heterocycles. The number of nitrogens with zero attached hydrogens (tertiary/aromatic N) is 1. The number of amides is 1. The van der Waals surface area contributed by atoms with Gasteiger partial charge in [0.1, 0.15) is 11.7 Å². The lowest BCUT2D eigenvalue weighted by atomic mass is 9.35. The van der Waals surface area contributed by atoms with Crippen LogP contribution in [0, 0.1) is 18.3 Å². The van der Waals surface area contributed by atoms with Crippen molar-refractivity contribution in [1.82, 2.24) is 10.2 Å². The molecule has 1 N–H and O–H groups in total. The summed E-state index contributed by atoms with van der Waals surface area (Å²) in [4.78, 5) is 15.6. The number of likely N-dealkylation sites (N-methyl/N-ethyl adjacent to an activating group) is 1. The number of nitrogens with one attached hydrogen (secondary N) is 1. The number of fused-ring (bicyclic) bond motifs is 2. The van der Waals surface area contributed by atoms with E-state index in [4.69, 9.17) is 14.2 Å². The Kier molecular flexibility index (Phi) is 5.31. The van der Waals surface area contributed by atoms with E-state index in [0.717, 1.165) is 61.3 Å². The van der Waals surface area contributed by atoms with Crippen LogP contribution in [-0.2, 0) is 21.4 Å². The molecule has 6 heteroatoms. The molecule has 200 valence electrons. The Bertz CT molecular complexity index is 1340. The number of methoxy groups -OCH3 is 2. The molecule has 8 rings (SSSR count). The van der Waals surface area contributed by atoms with E-state index in [-0.39, 0.29) is 28.8 Å². The first-order valence-corrected chi connectivity index (χ1v) is 14.0. The van der Waals surface area contributed by atoms with Crippen LogP contribution in [0.4, 0.5) is 0 Å². The zero-order chi connectivity index (χ0) is 26.3. The fourth-order valence-electron chi connectivity index (χ4n) is 9.44. The van der Waals surface area contributed by atoms with Gasteiger partial charge in [0.15, 0.2) is 11.5 Å². The van der Waals surface area contributed by atoms with Crippen LogP contribution in [0.1, 0.15) is 47.9 Å². The molecular weight excluding hydrogens is 476 g/mol. The fourth-order valence-corrected chi connectivity index (χ4v) is 9.44. The van der Waals surface area contributed by atoms with Crippen molar-refractivity contribution in [3.05, 3.63) is 64.7 Å². The van der Waals surface area contributed by atoms with Gasteiger partial charge in [0.05, 0.1) is 7.11 Å². The number of likely N-dealkylation sites (tertiary alicyclic amines) is 1. The molecule has 4 aliphatic carbocycles. The van der Waals surface area contributed by atoms with Crippen molar-refractivity contribution < 1.29 is 19.0 Å². The summed E-state index contributed by atoms with van der Waals surface area (Å²) in [6.45, 7) is 3.71. The van der Waals surface area contributed by atoms with Crippen LogP contribution in [0.2, 0.25) is 0 Å². The highest BCUT2D eigenvalue weighted by Crippen LogP contribution is 2.76. The van der Waals surface area contributed by atoms with Crippen LogP contribution in [0.25, 0.3) is 6.08 Å². The van der Waals surface area contributed by atoms with Crippen LogP contribution in [-0.4, -0.2) is 62.9 Å². The summed E-state index contributed by atoms with van der Waals surface area (Å²) in [6, 6.07) is 12.9. The van der Waals surface area contributed by atoms with Gasteiger partial charge < -0.3 is 24.4 Å². The Morgan fingerprint density at radius 3 is 2.82 bits per heavy atom. The summed E-state index contributed by atoms with van der Waals surface area (Å²) in [7, 11) is 5.88. The standard InChI is InChI=1S/C32H38N2O4/c1-20-7-5-6-8-21(20)10-12-26(35)33-19-23-18-30-13-14-32(23,37-4)29-31(30)15-16-34(2)25(30)17-22-9-11-24(36-3)28(38-29)27(22)31/h5-12,23,25,29H,13-19H2,1-4H3,(H,33,35)/b12-10+/t23-,25-,29-,30-,31+,32-/m1/s1. The number of hydrogen-bond acceptors (Lipinski definition) is 5. The van der Waals surface area contributed by atoms with Crippen LogP contribution >= 0.6 is 0 Å². The first kappa shape index (κ1) is 24.2. The third kappa shape index (κ3) is 2.88. The minimum absolute atomic E-state index is 0.0614. The fraction of sp³-hybridized carbons (Fsp3) is 0.531. The number of piperidine rings is 1. The molecule has 0 radical (unpaired) electrons. The van der Waals surface area contributed by atoms with Gasteiger partial charge in [-0.15, -0.1) is 0 Å². The van der Waals surface area contributed by atoms with Gasteiger partial charge in [-0.2, -0.15) is 0 Å². The zero-order valence-electron chi connectivity index (χ0n) is 22.9. The molecule has 0 aromatic heterocycles. The first-order chi connectivity index (χ1) is 18.4. The van der Waals surface area contributed by atoms with E-state index < -0.39 is 5.60 Å². The van der Waals surface area contributed by atoms with E-state index in [2.05, 4.69) is 42.4 Å². The Morgan fingerprint density at radius 2 is 2.03 bits per heavy atom. The monoisotopic (exact) mass is 514 g/mol. The van der Waals surface area contributed by atoms with Crippen LogP contribution in [0.15, 0.2) is 42.5 Å². The van der Waals surface area contributed by atoms with Gasteiger partial charge in [-0.25, -0.2) is 0 Å². The molecular formula is C32H38N2O4. The number of hydrogen-bond donors (Lipinski definition) is 1. The highest BCUT2D eigenvalue weighted by molar-refractivity contribution is 5.91. The predicted octanol–water partition coefficient (Wildman–Crippen LogP) is 4.28. The number of aryl methyl sites for hydroxylation is 1.